The molecule has 0 saturated carbocycles. The van der Waals surface area contributed by atoms with Crippen molar-refractivity contribution >= 4 is 116 Å². The van der Waals surface area contributed by atoms with Crippen molar-refractivity contribution in [2.45, 2.75) is 122 Å². The van der Waals surface area contributed by atoms with Crippen molar-refractivity contribution in [2.24, 2.45) is 0 Å². The van der Waals surface area contributed by atoms with E-state index in [4.69, 9.17) is 151 Å². The SMILES string of the molecule is C/C=C/C(=O)O.C/C=C\C.C/C=C\CC.C=C.C=C(C)C(=O)O.C=C(CC)C(=O)O.C=CC.C=CC.C=CC.C=CC(=O)O.C=CCC.CC/C(=C\C(=O)O)C(=O)O.CC/C=C\C(=O)O.O=C=O.O=C=O.O=C=O.O=C=O.O=C=O.O=C=O.O=C=O.O=C=O.O=C=O.O=C=O.O=C=O.O=C=O. The highest BCUT2D eigenvalue weighted by molar-refractivity contribution is 5.94. The van der Waals surface area contributed by atoms with Crippen LogP contribution in [0.5, 0.6) is 0 Å². The highest BCUT2D eigenvalue weighted by Crippen LogP contribution is 1.99. The van der Waals surface area contributed by atoms with Gasteiger partial charge in [-0.1, -0.05) is 115 Å². The number of hydrogen-bond acceptors (Lipinski definition) is 31. The van der Waals surface area contributed by atoms with Gasteiger partial charge in [0.2, 0.25) is 0 Å². The monoisotopic (exact) mass is 1450 g/mol. The summed E-state index contributed by atoms with van der Waals surface area (Å²) < 4.78 is 0. The predicted molar refractivity (Wildman–Crippen MR) is 336 cm³/mol. The molecule has 0 aliphatic carbocycles. The van der Waals surface area contributed by atoms with Crippen LogP contribution >= 0.6 is 0 Å². The van der Waals surface area contributed by atoms with E-state index in [-0.39, 0.29) is 97.0 Å². The molecule has 0 rings (SSSR count). The van der Waals surface area contributed by atoms with Gasteiger partial charge in [-0.25, -0.2) is 33.6 Å². The van der Waals surface area contributed by atoms with Gasteiger partial charge in [0.25, 0.3) is 0 Å². The number of aliphatic carboxylic acids is 7. The van der Waals surface area contributed by atoms with E-state index in [1.807, 2.05) is 66.7 Å². The molecule has 0 aromatic heterocycles. The maximum absolute atomic E-state index is 10.1. The van der Waals surface area contributed by atoms with Crippen LogP contribution in [0.2, 0.25) is 0 Å². The van der Waals surface area contributed by atoms with E-state index >= 15 is 0 Å². The molecule has 38 heteroatoms. The van der Waals surface area contributed by atoms with Crippen LogP contribution in [0, 0.1) is 0 Å². The molecule has 0 radical (unpaired) electrons. The molecule has 0 aromatic rings. The number of carbonyl (C=O) groups excluding carboxylic acids is 24. The molecule has 0 amide bonds. The van der Waals surface area contributed by atoms with Crippen molar-refractivity contribution in [3.63, 3.8) is 0 Å². The van der Waals surface area contributed by atoms with Gasteiger partial charge in [-0.15, -0.1) is 39.5 Å². The van der Waals surface area contributed by atoms with Crippen LogP contribution in [0.15, 0.2) is 161 Å². The van der Waals surface area contributed by atoms with E-state index in [1.165, 1.54) is 13.0 Å². The standard InChI is InChI=1S/C6H8O4.2C5H8O2.C5H10.2C4H6O2.2C4H8.C3H4O2.3C3H6.C2H4.12CO2/c1-2-4(6(9)10)3-5(7)8;1-3-4(2)5(6)7;1-2-3-4-5(6)7;1-3-5-4-2;1-3(2)4(5)6;1-2-3-4(5)6;2*1-3-4-2;1-2-3(4)5;3*1-3-2;1-2;12*2-1-3/h3H,2H2,1H3,(H,7,8)(H,9,10);2-3H2,1H3,(H,6,7);3-4H,2H2,1H3,(H,6,7);3,5H,4H2,1-2H3;1H2,2H3,(H,5,6);2-3H,1H3,(H,5,6);3-4H,1-2H3;3H,1,4H2,2H3;2H,1H2,(H,4,5);3*3H,1H2,2H3;1-2H2;;;;;;;;;;;;/b4-3+;;4-3-;5-3-;;3-2+;4-3-;;;;;;;;;;;;;;;;;;. The van der Waals surface area contributed by atoms with Crippen molar-refractivity contribution in [3.05, 3.63) is 161 Å². The molecule has 0 unspecified atom stereocenters. The molecule has 0 heterocycles. The Morgan fingerprint density at radius 1 is 0.317 bits per heavy atom. The Kier molecular flexibility index (Phi) is 467. The average Bonchev–Trinajstić information content (AvgIpc) is 1.07. The Bertz CT molecular complexity index is 2230. The Hall–Kier alpha value is -14.5. The zero-order chi connectivity index (χ0) is 87.7. The molecule has 0 atom stereocenters. The molecule has 0 aliphatic rings. The summed E-state index contributed by atoms with van der Waals surface area (Å²) in [5.41, 5.74) is 0.350. The van der Waals surface area contributed by atoms with Gasteiger partial charge >= 0.3 is 116 Å². The third-order valence-corrected chi connectivity index (χ3v) is 4.12. The first-order valence-electron chi connectivity index (χ1n) is 24.7. The van der Waals surface area contributed by atoms with E-state index in [0.717, 1.165) is 37.5 Å². The summed E-state index contributed by atoms with van der Waals surface area (Å²) in [5, 5.41) is 55.8. The smallest absolute Gasteiger partial charge is 0.373 e. The second-order valence-corrected chi connectivity index (χ2v) is 11.1. The summed E-state index contributed by atoms with van der Waals surface area (Å²) in [6.45, 7) is 53.2. The van der Waals surface area contributed by atoms with Gasteiger partial charge in [0.05, 0.1) is 0 Å². The molecule has 38 nitrogen and oxygen atoms in total. The second-order valence-electron chi connectivity index (χ2n) is 11.1. The fraction of sp³-hybridized carbons (Fsp3) is 0.286. The van der Waals surface area contributed by atoms with Crippen molar-refractivity contribution in [3.8, 4) is 0 Å². The largest absolute Gasteiger partial charge is 0.478 e. The number of carboxylic acid groups (broad SMARTS) is 7. The van der Waals surface area contributed by atoms with Crippen LogP contribution in [-0.2, 0) is 149 Å². The summed E-state index contributed by atoms with van der Waals surface area (Å²) in [6.07, 6.45) is 28.9. The van der Waals surface area contributed by atoms with Crippen molar-refractivity contribution in [1.82, 2.24) is 0 Å². The highest BCUT2D eigenvalue weighted by atomic mass is 16.4. The van der Waals surface area contributed by atoms with Gasteiger partial charge in [0.15, 0.2) is 0 Å². The molecule has 0 fully saturated rings. The molecule has 101 heavy (non-hydrogen) atoms. The predicted octanol–water partition coefficient (Wildman–Crippen LogP) is 6.63. The minimum atomic E-state index is -1.22. The molecular formula is C63H88O38. The minimum absolute atomic E-state index is 0.0903. The number of hydrogen-bond donors (Lipinski definition) is 7. The Morgan fingerprint density at radius 2 is 0.515 bits per heavy atom. The van der Waals surface area contributed by atoms with Crippen LogP contribution in [0.3, 0.4) is 0 Å². The summed E-state index contributed by atoms with van der Waals surface area (Å²) in [6, 6.07) is 0. The van der Waals surface area contributed by atoms with Gasteiger partial charge in [0.1, 0.15) is 0 Å². The Balaban J connectivity index is -0.0000000262. The van der Waals surface area contributed by atoms with Gasteiger partial charge in [-0.2, -0.15) is 115 Å². The van der Waals surface area contributed by atoms with Crippen molar-refractivity contribution < 1.29 is 184 Å². The van der Waals surface area contributed by atoms with Gasteiger partial charge in [0, 0.05) is 41.0 Å². The third-order valence-electron chi connectivity index (χ3n) is 4.12. The first kappa shape index (κ1) is 167. The van der Waals surface area contributed by atoms with Crippen LogP contribution in [-0.4, -0.2) is 151 Å². The van der Waals surface area contributed by atoms with E-state index < -0.39 is 41.8 Å². The molecule has 0 saturated heterocycles. The van der Waals surface area contributed by atoms with Gasteiger partial charge in [-0.3, -0.25) is 0 Å². The topological polar surface area (TPSA) is 671 Å². The quantitative estimate of drug-likeness (QED) is 0.0795. The molecule has 7 N–H and O–H groups in total. The molecule has 0 bridgehead atoms. The summed E-state index contributed by atoms with van der Waals surface area (Å²) in [4.78, 5) is 263. The summed E-state index contributed by atoms with van der Waals surface area (Å²) >= 11 is 0. The summed E-state index contributed by atoms with van der Waals surface area (Å²) in [7, 11) is 0. The number of rotatable bonds is 12. The molecule has 0 spiro atoms. The minimum Gasteiger partial charge on any atom is -0.478 e. The number of carboxylic acids is 7. The summed E-state index contributed by atoms with van der Waals surface area (Å²) in [5.74, 6) is -6.98. The number of carbonyl (C=O) groups is 7. The van der Waals surface area contributed by atoms with E-state index in [1.54, 1.807) is 45.1 Å². The molecule has 568 valence electrons. The Morgan fingerprint density at radius 3 is 0.535 bits per heavy atom. The maximum Gasteiger partial charge on any atom is 0.373 e. The Labute approximate surface area is 581 Å². The van der Waals surface area contributed by atoms with Crippen LogP contribution < -0.4 is 0 Å². The van der Waals surface area contributed by atoms with Crippen LogP contribution in [0.25, 0.3) is 0 Å². The second kappa shape index (κ2) is 282. The normalized spacial score (nSPS) is 6.17. The lowest BCUT2D eigenvalue weighted by molar-refractivity contribution is -0.193. The van der Waals surface area contributed by atoms with E-state index in [2.05, 4.69) is 85.2 Å². The third kappa shape index (κ3) is 1750. The lowest BCUT2D eigenvalue weighted by Crippen LogP contribution is -2.02. The number of allylic oxidation sites excluding steroid dienone is 10. The zero-order valence-electron chi connectivity index (χ0n) is 57.8. The van der Waals surface area contributed by atoms with Crippen molar-refractivity contribution in [1.29, 1.82) is 0 Å². The van der Waals surface area contributed by atoms with Crippen LogP contribution in [0.1, 0.15) is 122 Å². The maximum atomic E-state index is 10.1. The van der Waals surface area contributed by atoms with Gasteiger partial charge in [-0.05, 0) is 87.5 Å². The first-order chi connectivity index (χ1) is 47.2. The molecular weight excluding hydrogens is 1360 g/mol. The zero-order valence-corrected chi connectivity index (χ0v) is 57.8. The van der Waals surface area contributed by atoms with E-state index in [0.29, 0.717) is 12.5 Å². The highest BCUT2D eigenvalue weighted by Gasteiger charge is 2.05. The lowest BCUT2D eigenvalue weighted by Gasteiger charge is -1.92. The van der Waals surface area contributed by atoms with E-state index in [9.17, 15) is 33.6 Å². The average molecular weight is 1450 g/mol. The van der Waals surface area contributed by atoms with Crippen LogP contribution in [0.4, 0.5) is 0 Å². The fourth-order valence-electron chi connectivity index (χ4n) is 1.21. The van der Waals surface area contributed by atoms with Crippen molar-refractivity contribution in [2.75, 3.05) is 0 Å². The fourth-order valence-corrected chi connectivity index (χ4v) is 1.21. The first-order valence-corrected chi connectivity index (χ1v) is 24.7. The van der Waals surface area contributed by atoms with Gasteiger partial charge < -0.3 is 35.7 Å². The molecule has 0 aromatic carbocycles. The lowest BCUT2D eigenvalue weighted by atomic mass is 10.2. The molecule has 0 aliphatic heterocycles.